The molecule has 0 radical (unpaired) electrons. The molecular formula is C9H12N2. The van der Waals surface area contributed by atoms with E-state index in [2.05, 4.69) is 11.6 Å². The monoisotopic (exact) mass is 148 g/mol. The molecule has 0 unspecified atom stereocenters. The minimum atomic E-state index is 0.897. The second kappa shape index (κ2) is 3.19. The highest BCUT2D eigenvalue weighted by atomic mass is 15.1. The van der Waals surface area contributed by atoms with Crippen LogP contribution in [-0.2, 0) is 0 Å². The average Bonchev–Trinajstić information content (AvgIpc) is 1.93. The van der Waals surface area contributed by atoms with E-state index in [-0.39, 0.29) is 0 Å². The molecule has 0 atom stereocenters. The van der Waals surface area contributed by atoms with Crippen LogP contribution in [0.5, 0.6) is 0 Å². The summed E-state index contributed by atoms with van der Waals surface area (Å²) in [6.07, 6.45) is 7.38. The van der Waals surface area contributed by atoms with Gasteiger partial charge < -0.3 is 4.90 Å². The Kier molecular flexibility index (Phi) is 2.26. The van der Waals surface area contributed by atoms with Crippen molar-refractivity contribution < 1.29 is 0 Å². The summed E-state index contributed by atoms with van der Waals surface area (Å²) >= 11 is 0. The van der Waals surface area contributed by atoms with E-state index in [0.717, 1.165) is 5.70 Å². The summed E-state index contributed by atoms with van der Waals surface area (Å²) in [6, 6.07) is 0. The number of allylic oxidation sites excluding steroid dienone is 2. The van der Waals surface area contributed by atoms with Crippen LogP contribution in [0.25, 0.3) is 0 Å². The maximum absolute atomic E-state index is 3.94. The first-order chi connectivity index (χ1) is 5.20. The van der Waals surface area contributed by atoms with Crippen molar-refractivity contribution in [3.05, 3.63) is 36.4 Å². The summed E-state index contributed by atoms with van der Waals surface area (Å²) in [7, 11) is 0. The van der Waals surface area contributed by atoms with Crippen LogP contribution in [0.15, 0.2) is 41.4 Å². The number of aliphatic imine (C=N–C) groups is 1. The van der Waals surface area contributed by atoms with Gasteiger partial charge in [-0.3, -0.25) is 4.99 Å². The van der Waals surface area contributed by atoms with Gasteiger partial charge in [0.05, 0.1) is 11.9 Å². The molecule has 1 aliphatic rings. The Labute approximate surface area is 67.2 Å². The quantitative estimate of drug-likeness (QED) is 0.557. The van der Waals surface area contributed by atoms with Crippen molar-refractivity contribution in [1.29, 1.82) is 0 Å². The normalized spacial score (nSPS) is 15.5. The highest BCUT2D eigenvalue weighted by Gasteiger charge is 2.00. The Hall–Kier alpha value is -1.31. The highest BCUT2D eigenvalue weighted by Crippen LogP contribution is 2.08. The van der Waals surface area contributed by atoms with E-state index >= 15 is 0 Å². The Morgan fingerprint density at radius 3 is 2.91 bits per heavy atom. The van der Waals surface area contributed by atoms with Gasteiger partial charge in [0.1, 0.15) is 0 Å². The van der Waals surface area contributed by atoms with E-state index in [0.29, 0.717) is 0 Å². The smallest absolute Gasteiger partial charge is 0.0561 e. The molecule has 0 saturated carbocycles. The Balaban J connectivity index is 2.75. The van der Waals surface area contributed by atoms with E-state index < -0.39 is 0 Å². The Morgan fingerprint density at radius 2 is 2.36 bits per heavy atom. The van der Waals surface area contributed by atoms with Crippen LogP contribution in [-0.4, -0.2) is 11.1 Å². The first-order valence-corrected chi connectivity index (χ1v) is 3.52. The van der Waals surface area contributed by atoms with Crippen LogP contribution in [0.4, 0.5) is 0 Å². The molecule has 11 heavy (non-hydrogen) atoms. The predicted octanol–water partition coefficient (Wildman–Crippen LogP) is 2.28. The third kappa shape index (κ3) is 2.08. The van der Waals surface area contributed by atoms with Gasteiger partial charge >= 0.3 is 0 Å². The van der Waals surface area contributed by atoms with Crippen molar-refractivity contribution in [2.24, 2.45) is 4.99 Å². The zero-order valence-corrected chi connectivity index (χ0v) is 6.91. The highest BCUT2D eigenvalue weighted by molar-refractivity contribution is 5.78. The molecule has 58 valence electrons. The van der Waals surface area contributed by atoms with Crippen LogP contribution < -0.4 is 0 Å². The molecule has 0 saturated heterocycles. The van der Waals surface area contributed by atoms with Crippen molar-refractivity contribution in [2.75, 3.05) is 0 Å². The van der Waals surface area contributed by atoms with Crippen LogP contribution in [0.3, 0.4) is 0 Å². The van der Waals surface area contributed by atoms with Crippen molar-refractivity contribution in [3.63, 3.8) is 0 Å². The van der Waals surface area contributed by atoms with Gasteiger partial charge in [0.2, 0.25) is 0 Å². The predicted molar refractivity (Wildman–Crippen MR) is 48.0 cm³/mol. The summed E-state index contributed by atoms with van der Waals surface area (Å²) in [6.45, 7) is 7.93. The summed E-state index contributed by atoms with van der Waals surface area (Å²) in [4.78, 5) is 5.89. The van der Waals surface area contributed by atoms with Gasteiger partial charge in [-0.1, -0.05) is 12.2 Å². The van der Waals surface area contributed by atoms with Crippen molar-refractivity contribution in [2.45, 2.75) is 13.8 Å². The van der Waals surface area contributed by atoms with Gasteiger partial charge in [0, 0.05) is 18.6 Å². The number of hydrogen-bond donors (Lipinski definition) is 0. The van der Waals surface area contributed by atoms with Crippen LogP contribution in [0.1, 0.15) is 13.8 Å². The van der Waals surface area contributed by atoms with Crippen molar-refractivity contribution in [3.8, 4) is 0 Å². The van der Waals surface area contributed by atoms with E-state index in [1.165, 1.54) is 5.57 Å². The lowest BCUT2D eigenvalue weighted by Crippen LogP contribution is -2.11. The fourth-order valence-corrected chi connectivity index (χ4v) is 0.806. The van der Waals surface area contributed by atoms with E-state index in [1.54, 1.807) is 12.4 Å². The van der Waals surface area contributed by atoms with E-state index in [9.17, 15) is 0 Å². The molecular weight excluding hydrogens is 136 g/mol. The molecule has 0 N–H and O–H groups in total. The fraction of sp³-hybridized carbons (Fsp3) is 0.222. The molecule has 0 aromatic heterocycles. The van der Waals surface area contributed by atoms with Gasteiger partial charge in [-0.25, -0.2) is 0 Å². The van der Waals surface area contributed by atoms with Crippen molar-refractivity contribution in [1.82, 2.24) is 4.90 Å². The maximum Gasteiger partial charge on any atom is 0.0561 e. The van der Waals surface area contributed by atoms with Gasteiger partial charge in [-0.05, 0) is 13.8 Å². The first kappa shape index (κ1) is 7.79. The topological polar surface area (TPSA) is 15.6 Å². The number of hydrogen-bond acceptors (Lipinski definition) is 2. The van der Waals surface area contributed by atoms with Gasteiger partial charge in [0.25, 0.3) is 0 Å². The second-order valence-electron chi connectivity index (χ2n) is 2.68. The third-order valence-electron chi connectivity index (χ3n) is 1.27. The SMILES string of the molecule is C=C1C=NC=CN1C=C(C)C. The molecule has 1 rings (SSSR count). The number of rotatable bonds is 1. The molecule has 0 aliphatic carbocycles. The summed E-state index contributed by atoms with van der Waals surface area (Å²) in [5, 5.41) is 0. The molecule has 2 heteroatoms. The summed E-state index contributed by atoms with van der Waals surface area (Å²) in [5.41, 5.74) is 2.14. The minimum absolute atomic E-state index is 0.897. The van der Waals surface area contributed by atoms with Crippen molar-refractivity contribution >= 4 is 6.21 Å². The molecule has 0 amide bonds. The molecule has 0 spiro atoms. The molecule has 0 fully saturated rings. The van der Waals surface area contributed by atoms with Gasteiger partial charge in [0.15, 0.2) is 0 Å². The lowest BCUT2D eigenvalue weighted by atomic mass is 10.3. The molecule has 2 nitrogen and oxygen atoms in total. The van der Waals surface area contributed by atoms with Crippen LogP contribution >= 0.6 is 0 Å². The average molecular weight is 148 g/mol. The molecule has 0 bridgehead atoms. The lowest BCUT2D eigenvalue weighted by Gasteiger charge is -2.17. The summed E-state index contributed by atoms with van der Waals surface area (Å²) < 4.78 is 0. The standard InChI is InChI=1S/C9H12N2/c1-8(2)7-11-5-4-10-6-9(11)3/h4-7H,3H2,1-2H3. The van der Waals surface area contributed by atoms with Crippen LogP contribution in [0, 0.1) is 0 Å². The fourth-order valence-electron chi connectivity index (χ4n) is 0.806. The first-order valence-electron chi connectivity index (χ1n) is 3.52. The molecule has 1 heterocycles. The zero-order chi connectivity index (χ0) is 8.27. The van der Waals surface area contributed by atoms with Crippen LogP contribution in [0.2, 0.25) is 0 Å². The third-order valence-corrected chi connectivity index (χ3v) is 1.27. The number of nitrogens with zero attached hydrogens (tertiary/aromatic N) is 2. The maximum atomic E-state index is 3.94. The summed E-state index contributed by atoms with van der Waals surface area (Å²) in [5.74, 6) is 0. The zero-order valence-electron chi connectivity index (χ0n) is 6.91. The van der Waals surface area contributed by atoms with E-state index in [1.807, 2.05) is 31.1 Å². The van der Waals surface area contributed by atoms with E-state index in [4.69, 9.17) is 0 Å². The Morgan fingerprint density at radius 1 is 1.64 bits per heavy atom. The van der Waals surface area contributed by atoms with Gasteiger partial charge in [-0.2, -0.15) is 0 Å². The second-order valence-corrected chi connectivity index (χ2v) is 2.68. The molecule has 0 aromatic carbocycles. The molecule has 0 aromatic rings. The lowest BCUT2D eigenvalue weighted by molar-refractivity contribution is 0.653. The Bertz CT molecular complexity index is 242. The minimum Gasteiger partial charge on any atom is -0.321 e. The molecule has 1 aliphatic heterocycles. The largest absolute Gasteiger partial charge is 0.321 e. The van der Waals surface area contributed by atoms with Gasteiger partial charge in [-0.15, -0.1) is 0 Å².